The van der Waals surface area contributed by atoms with Crippen LogP contribution >= 0.6 is 0 Å². The molecule has 0 radical (unpaired) electrons. The summed E-state index contributed by atoms with van der Waals surface area (Å²) < 4.78 is 0. The summed E-state index contributed by atoms with van der Waals surface area (Å²) in [6.45, 7) is 4.52. The van der Waals surface area contributed by atoms with E-state index in [4.69, 9.17) is 0 Å². The van der Waals surface area contributed by atoms with Crippen molar-refractivity contribution < 1.29 is 4.79 Å². The number of hydrogen-bond donors (Lipinski definition) is 2. The minimum Gasteiger partial charge on any atom is -0.352 e. The van der Waals surface area contributed by atoms with Crippen molar-refractivity contribution in [3.8, 4) is 0 Å². The first-order valence-electron chi connectivity index (χ1n) is 6.15. The van der Waals surface area contributed by atoms with Crippen LogP contribution in [-0.4, -0.2) is 24.0 Å². The maximum Gasteiger partial charge on any atom is 0.223 e. The van der Waals surface area contributed by atoms with E-state index in [0.717, 1.165) is 31.5 Å². The molecule has 2 rings (SSSR count). The van der Waals surface area contributed by atoms with Gasteiger partial charge in [-0.25, -0.2) is 0 Å². The van der Waals surface area contributed by atoms with Crippen LogP contribution < -0.4 is 10.6 Å². The molecule has 0 saturated carbocycles. The molecule has 4 nitrogen and oxygen atoms in total. The summed E-state index contributed by atoms with van der Waals surface area (Å²) in [4.78, 5) is 16.0. The molecule has 92 valence electrons. The van der Waals surface area contributed by atoms with Crippen LogP contribution in [0.1, 0.15) is 24.0 Å². The van der Waals surface area contributed by atoms with Gasteiger partial charge in [-0.2, -0.15) is 0 Å². The molecule has 0 unspecified atom stereocenters. The van der Waals surface area contributed by atoms with Crippen molar-refractivity contribution in [2.45, 2.75) is 26.3 Å². The molecular weight excluding hydrogens is 214 g/mol. The lowest BCUT2D eigenvalue weighted by Gasteiger charge is -2.21. The Kier molecular flexibility index (Phi) is 4.09. The van der Waals surface area contributed by atoms with E-state index in [2.05, 4.69) is 15.6 Å². The second-order valence-electron chi connectivity index (χ2n) is 4.54. The van der Waals surface area contributed by atoms with Gasteiger partial charge in [0.25, 0.3) is 0 Å². The lowest BCUT2D eigenvalue weighted by molar-refractivity contribution is -0.125. The van der Waals surface area contributed by atoms with Crippen LogP contribution in [0.4, 0.5) is 0 Å². The van der Waals surface area contributed by atoms with Gasteiger partial charge in [-0.1, -0.05) is 0 Å². The van der Waals surface area contributed by atoms with Crippen LogP contribution in [-0.2, 0) is 11.3 Å². The van der Waals surface area contributed by atoms with Crippen LogP contribution in [0.25, 0.3) is 0 Å². The van der Waals surface area contributed by atoms with Gasteiger partial charge in [-0.05, 0) is 50.0 Å². The minimum atomic E-state index is 0.174. The Bertz CT molecular complexity index is 386. The zero-order chi connectivity index (χ0) is 12.1. The quantitative estimate of drug-likeness (QED) is 0.819. The van der Waals surface area contributed by atoms with Crippen molar-refractivity contribution in [1.29, 1.82) is 0 Å². The average molecular weight is 233 g/mol. The fourth-order valence-corrected chi connectivity index (χ4v) is 2.09. The Morgan fingerprint density at radius 2 is 2.29 bits per heavy atom. The zero-order valence-electron chi connectivity index (χ0n) is 10.2. The van der Waals surface area contributed by atoms with E-state index in [1.165, 1.54) is 5.56 Å². The van der Waals surface area contributed by atoms with E-state index in [0.29, 0.717) is 6.54 Å². The smallest absolute Gasteiger partial charge is 0.223 e. The molecule has 1 aliphatic rings. The molecule has 1 saturated heterocycles. The lowest BCUT2D eigenvalue weighted by Crippen LogP contribution is -2.37. The highest BCUT2D eigenvalue weighted by molar-refractivity contribution is 5.78. The number of carbonyl (C=O) groups excluding carboxylic acids is 1. The predicted octanol–water partition coefficient (Wildman–Crippen LogP) is 1.01. The Hall–Kier alpha value is -1.42. The maximum absolute atomic E-state index is 11.9. The monoisotopic (exact) mass is 233 g/mol. The molecule has 1 amide bonds. The molecule has 0 bridgehead atoms. The van der Waals surface area contributed by atoms with E-state index >= 15 is 0 Å². The SMILES string of the molecule is Cc1ccncc1CNC(=O)C1CCNCC1. The number of aromatic nitrogens is 1. The van der Waals surface area contributed by atoms with Crippen molar-refractivity contribution in [2.24, 2.45) is 5.92 Å². The van der Waals surface area contributed by atoms with Crippen molar-refractivity contribution >= 4 is 5.91 Å². The Morgan fingerprint density at radius 1 is 1.53 bits per heavy atom. The van der Waals surface area contributed by atoms with E-state index < -0.39 is 0 Å². The molecule has 1 aliphatic heterocycles. The van der Waals surface area contributed by atoms with Crippen LogP contribution in [0.2, 0.25) is 0 Å². The molecule has 2 N–H and O–H groups in total. The molecule has 17 heavy (non-hydrogen) atoms. The standard InChI is InChI=1S/C13H19N3O/c1-10-2-5-15-8-12(10)9-16-13(17)11-3-6-14-7-4-11/h2,5,8,11,14H,3-4,6-7,9H2,1H3,(H,16,17). The number of nitrogens with zero attached hydrogens (tertiary/aromatic N) is 1. The fourth-order valence-electron chi connectivity index (χ4n) is 2.09. The van der Waals surface area contributed by atoms with E-state index in [1.807, 2.05) is 19.2 Å². The van der Waals surface area contributed by atoms with Gasteiger partial charge < -0.3 is 10.6 Å². The third kappa shape index (κ3) is 3.27. The number of piperidine rings is 1. The van der Waals surface area contributed by atoms with Gasteiger partial charge in [-0.15, -0.1) is 0 Å². The van der Waals surface area contributed by atoms with Crippen molar-refractivity contribution in [1.82, 2.24) is 15.6 Å². The summed E-state index contributed by atoms with van der Waals surface area (Å²) in [6, 6.07) is 1.96. The maximum atomic E-state index is 11.9. The number of aryl methyl sites for hydroxylation is 1. The molecule has 1 aromatic heterocycles. The molecule has 0 atom stereocenters. The van der Waals surface area contributed by atoms with E-state index in [-0.39, 0.29) is 11.8 Å². The number of nitrogens with one attached hydrogen (secondary N) is 2. The summed E-state index contributed by atoms with van der Waals surface area (Å²) in [5, 5.41) is 6.27. The highest BCUT2D eigenvalue weighted by atomic mass is 16.1. The largest absolute Gasteiger partial charge is 0.352 e. The van der Waals surface area contributed by atoms with Crippen molar-refractivity contribution in [3.63, 3.8) is 0 Å². The molecule has 0 aliphatic carbocycles. The van der Waals surface area contributed by atoms with E-state index in [1.54, 1.807) is 6.20 Å². The normalized spacial score (nSPS) is 16.8. The third-order valence-electron chi connectivity index (χ3n) is 3.31. The van der Waals surface area contributed by atoms with E-state index in [9.17, 15) is 4.79 Å². The molecular formula is C13H19N3O. The zero-order valence-corrected chi connectivity index (χ0v) is 10.2. The number of carbonyl (C=O) groups is 1. The molecule has 0 spiro atoms. The first-order valence-corrected chi connectivity index (χ1v) is 6.15. The second kappa shape index (κ2) is 5.77. The third-order valence-corrected chi connectivity index (χ3v) is 3.31. The number of pyridine rings is 1. The second-order valence-corrected chi connectivity index (χ2v) is 4.54. The van der Waals surface area contributed by atoms with Crippen LogP contribution in [0, 0.1) is 12.8 Å². The Labute approximate surface area is 102 Å². The summed E-state index contributed by atoms with van der Waals surface area (Å²) in [7, 11) is 0. The van der Waals surface area contributed by atoms with Gasteiger partial charge in [0.15, 0.2) is 0 Å². The van der Waals surface area contributed by atoms with Crippen LogP contribution in [0.3, 0.4) is 0 Å². The van der Waals surface area contributed by atoms with Gasteiger partial charge in [0.2, 0.25) is 5.91 Å². The topological polar surface area (TPSA) is 54.0 Å². The molecule has 4 heteroatoms. The van der Waals surface area contributed by atoms with Crippen molar-refractivity contribution in [2.75, 3.05) is 13.1 Å². The highest BCUT2D eigenvalue weighted by Crippen LogP contribution is 2.12. The first kappa shape index (κ1) is 12.0. The van der Waals surface area contributed by atoms with Crippen molar-refractivity contribution in [3.05, 3.63) is 29.6 Å². The first-order chi connectivity index (χ1) is 8.27. The summed E-state index contributed by atoms with van der Waals surface area (Å²) in [5.74, 6) is 0.350. The summed E-state index contributed by atoms with van der Waals surface area (Å²) >= 11 is 0. The number of hydrogen-bond acceptors (Lipinski definition) is 3. The molecule has 1 fully saturated rings. The molecule has 1 aromatic rings. The minimum absolute atomic E-state index is 0.174. The van der Waals surface area contributed by atoms with Gasteiger partial charge in [0.1, 0.15) is 0 Å². The number of amides is 1. The Morgan fingerprint density at radius 3 is 3.00 bits per heavy atom. The molecule has 2 heterocycles. The van der Waals surface area contributed by atoms with Gasteiger partial charge in [-0.3, -0.25) is 9.78 Å². The predicted molar refractivity (Wildman–Crippen MR) is 66.4 cm³/mol. The van der Waals surface area contributed by atoms with Crippen LogP contribution in [0.15, 0.2) is 18.5 Å². The Balaban J connectivity index is 1.85. The van der Waals surface area contributed by atoms with Gasteiger partial charge >= 0.3 is 0 Å². The van der Waals surface area contributed by atoms with Gasteiger partial charge in [0.05, 0.1) is 0 Å². The average Bonchev–Trinajstić information content (AvgIpc) is 2.38. The summed E-state index contributed by atoms with van der Waals surface area (Å²) in [6.07, 6.45) is 5.47. The fraction of sp³-hybridized carbons (Fsp3) is 0.538. The lowest BCUT2D eigenvalue weighted by atomic mass is 9.97. The highest BCUT2D eigenvalue weighted by Gasteiger charge is 2.20. The summed E-state index contributed by atoms with van der Waals surface area (Å²) in [5.41, 5.74) is 2.26. The van der Waals surface area contributed by atoms with Gasteiger partial charge in [0, 0.05) is 24.9 Å². The molecule has 0 aromatic carbocycles. The number of rotatable bonds is 3. The van der Waals surface area contributed by atoms with Crippen LogP contribution in [0.5, 0.6) is 0 Å².